The number of hydrogen-bond donors (Lipinski definition) is 0. The molecule has 0 amide bonds. The molecule has 0 aromatic rings. The van der Waals surface area contributed by atoms with Crippen LogP contribution in [0, 0.1) is 0 Å². The lowest BCUT2D eigenvalue weighted by molar-refractivity contribution is -0.126. The highest BCUT2D eigenvalue weighted by atomic mass is 32.2. The molecule has 0 spiro atoms. The smallest absolute Gasteiger partial charge is 0.161 e. The molecule has 0 aromatic heterocycles. The maximum absolute atomic E-state index is 10.9. The summed E-state index contributed by atoms with van der Waals surface area (Å²) in [7, 11) is 0. The maximum Gasteiger partial charge on any atom is 0.161 e. The second-order valence-corrected chi connectivity index (χ2v) is 3.23. The summed E-state index contributed by atoms with van der Waals surface area (Å²) in [6, 6.07) is 0. The number of hydrogen-bond acceptors (Lipinski definition) is 3. The summed E-state index contributed by atoms with van der Waals surface area (Å²) in [6.07, 6.45) is 4.56. The van der Waals surface area contributed by atoms with Gasteiger partial charge in [0.1, 0.15) is 6.10 Å². The third-order valence-electron chi connectivity index (χ3n) is 1.64. The van der Waals surface area contributed by atoms with Crippen LogP contribution in [0.5, 0.6) is 0 Å². The average Bonchev–Trinajstić information content (AvgIpc) is 2.31. The lowest BCUT2D eigenvalue weighted by atomic mass is 10.3. The molecule has 3 heteroatoms. The Hall–Kier alpha value is -0.0200. The molecule has 0 radical (unpaired) electrons. The molecular weight excluding hydrogens is 148 g/mol. The van der Waals surface area contributed by atoms with E-state index in [2.05, 4.69) is 0 Å². The molecule has 0 N–H and O–H groups in total. The van der Waals surface area contributed by atoms with E-state index in [0.29, 0.717) is 5.94 Å². The summed E-state index contributed by atoms with van der Waals surface area (Å²) in [4.78, 5) is 10.9. The van der Waals surface area contributed by atoms with Crippen LogP contribution in [-0.2, 0) is 9.53 Å². The Morgan fingerprint density at radius 3 is 3.10 bits per heavy atom. The largest absolute Gasteiger partial charge is 0.360 e. The van der Waals surface area contributed by atoms with Gasteiger partial charge >= 0.3 is 0 Å². The molecule has 0 saturated heterocycles. The first kappa shape index (κ1) is 8.08. The first-order chi connectivity index (χ1) is 4.84. The van der Waals surface area contributed by atoms with Gasteiger partial charge < -0.3 is 4.74 Å². The number of Topliss-reactive ketones (excluding diaryl/α,β-unsaturated/α-hetero) is 1. The van der Waals surface area contributed by atoms with Crippen molar-refractivity contribution in [2.75, 3.05) is 12.2 Å². The fourth-order valence-electron chi connectivity index (χ4n) is 1.11. The van der Waals surface area contributed by atoms with Crippen molar-refractivity contribution in [2.24, 2.45) is 0 Å². The second kappa shape index (κ2) is 3.98. The highest BCUT2D eigenvalue weighted by Crippen LogP contribution is 2.18. The zero-order valence-corrected chi connectivity index (χ0v) is 6.95. The van der Waals surface area contributed by atoms with Crippen molar-refractivity contribution in [1.29, 1.82) is 0 Å². The van der Waals surface area contributed by atoms with Gasteiger partial charge in [-0.2, -0.15) is 0 Å². The molecule has 2 nitrogen and oxygen atoms in total. The molecule has 10 heavy (non-hydrogen) atoms. The lowest BCUT2D eigenvalue weighted by Crippen LogP contribution is -2.16. The molecule has 1 atom stereocenters. The van der Waals surface area contributed by atoms with Gasteiger partial charge in [-0.15, -0.1) is 11.8 Å². The Bertz CT molecular complexity index is 125. The van der Waals surface area contributed by atoms with Crippen molar-refractivity contribution in [3.63, 3.8) is 0 Å². The predicted octanol–water partition coefficient (Wildman–Crippen LogP) is 1.45. The van der Waals surface area contributed by atoms with Crippen LogP contribution in [0.4, 0.5) is 0 Å². The van der Waals surface area contributed by atoms with Crippen LogP contribution < -0.4 is 0 Å². The Morgan fingerprint density at radius 1 is 1.80 bits per heavy atom. The minimum absolute atomic E-state index is 0.0764. The number of rotatable bonds is 3. The van der Waals surface area contributed by atoms with Gasteiger partial charge in [-0.3, -0.25) is 4.79 Å². The zero-order valence-electron chi connectivity index (χ0n) is 6.13. The van der Waals surface area contributed by atoms with E-state index in [0.717, 1.165) is 19.3 Å². The highest BCUT2D eigenvalue weighted by molar-refractivity contribution is 7.98. The van der Waals surface area contributed by atoms with Crippen molar-refractivity contribution >= 4 is 17.5 Å². The summed E-state index contributed by atoms with van der Waals surface area (Å²) in [5.41, 5.74) is 0. The van der Waals surface area contributed by atoms with Crippen LogP contribution in [-0.4, -0.2) is 24.1 Å². The molecule has 1 saturated carbocycles. The molecular formula is C7H12O2S. The zero-order chi connectivity index (χ0) is 7.40. The first-order valence-corrected chi connectivity index (χ1v) is 4.87. The number of carbonyl (C=O) groups excluding carboxylic acids is 1. The minimum atomic E-state index is -0.0764. The highest BCUT2D eigenvalue weighted by Gasteiger charge is 2.24. The van der Waals surface area contributed by atoms with Crippen molar-refractivity contribution in [1.82, 2.24) is 0 Å². The summed E-state index contributed by atoms with van der Waals surface area (Å²) in [5.74, 6) is 0.935. The molecule has 1 unspecified atom stereocenters. The van der Waals surface area contributed by atoms with Crippen molar-refractivity contribution in [2.45, 2.75) is 25.4 Å². The van der Waals surface area contributed by atoms with E-state index in [1.807, 2.05) is 6.26 Å². The van der Waals surface area contributed by atoms with Gasteiger partial charge in [-0.1, -0.05) is 0 Å². The molecule has 1 rings (SSSR count). The standard InChI is InChI=1S/C7H12O2S/c1-10-5-9-7-4-2-3-6(7)8/h7H,2-5H2,1H3. The van der Waals surface area contributed by atoms with E-state index in [-0.39, 0.29) is 11.9 Å². The van der Waals surface area contributed by atoms with Gasteiger partial charge in [-0.25, -0.2) is 0 Å². The predicted molar refractivity (Wildman–Crippen MR) is 42.1 cm³/mol. The monoisotopic (exact) mass is 160 g/mol. The number of ether oxygens (including phenoxy) is 1. The molecule has 58 valence electrons. The third-order valence-corrected chi connectivity index (χ3v) is 2.01. The molecule has 0 bridgehead atoms. The Morgan fingerprint density at radius 2 is 2.60 bits per heavy atom. The minimum Gasteiger partial charge on any atom is -0.360 e. The van der Waals surface area contributed by atoms with E-state index in [1.54, 1.807) is 11.8 Å². The second-order valence-electron chi connectivity index (χ2n) is 2.42. The Balaban J connectivity index is 2.20. The van der Waals surface area contributed by atoms with Crippen LogP contribution >= 0.6 is 11.8 Å². The molecule has 1 aliphatic rings. The summed E-state index contributed by atoms with van der Waals surface area (Å²) >= 11 is 1.62. The van der Waals surface area contributed by atoms with Gasteiger partial charge in [0.2, 0.25) is 0 Å². The summed E-state index contributed by atoms with van der Waals surface area (Å²) < 4.78 is 5.28. The van der Waals surface area contributed by atoms with Crippen LogP contribution in [0.25, 0.3) is 0 Å². The number of thioether (sulfide) groups is 1. The van der Waals surface area contributed by atoms with E-state index in [1.165, 1.54) is 0 Å². The normalized spacial score (nSPS) is 25.7. The summed E-state index contributed by atoms with van der Waals surface area (Å²) in [6.45, 7) is 0. The number of ketones is 1. The summed E-state index contributed by atoms with van der Waals surface area (Å²) in [5, 5.41) is 0. The van der Waals surface area contributed by atoms with Crippen LogP contribution in [0.2, 0.25) is 0 Å². The topological polar surface area (TPSA) is 26.3 Å². The van der Waals surface area contributed by atoms with Gasteiger partial charge in [0, 0.05) is 6.42 Å². The van der Waals surface area contributed by atoms with Crippen LogP contribution in [0.1, 0.15) is 19.3 Å². The van der Waals surface area contributed by atoms with Crippen molar-refractivity contribution < 1.29 is 9.53 Å². The van der Waals surface area contributed by atoms with E-state index in [9.17, 15) is 4.79 Å². The van der Waals surface area contributed by atoms with Crippen molar-refractivity contribution in [3.05, 3.63) is 0 Å². The van der Waals surface area contributed by atoms with E-state index >= 15 is 0 Å². The lowest BCUT2D eigenvalue weighted by Gasteiger charge is -2.06. The van der Waals surface area contributed by atoms with Gasteiger partial charge in [-0.05, 0) is 19.1 Å². The van der Waals surface area contributed by atoms with Gasteiger partial charge in [0.05, 0.1) is 5.94 Å². The third kappa shape index (κ3) is 1.99. The maximum atomic E-state index is 10.9. The Kier molecular flexibility index (Phi) is 3.22. The first-order valence-electron chi connectivity index (χ1n) is 3.48. The molecule has 0 aliphatic heterocycles. The fraction of sp³-hybridized carbons (Fsp3) is 0.857. The average molecular weight is 160 g/mol. The fourth-order valence-corrected chi connectivity index (χ4v) is 1.41. The number of carbonyl (C=O) groups is 1. The Labute approximate surface area is 65.3 Å². The van der Waals surface area contributed by atoms with Gasteiger partial charge in [0.15, 0.2) is 5.78 Å². The molecule has 0 aromatic carbocycles. The SMILES string of the molecule is CSCOC1CCCC1=O. The van der Waals surface area contributed by atoms with Crippen LogP contribution in [0.3, 0.4) is 0 Å². The van der Waals surface area contributed by atoms with Crippen LogP contribution in [0.15, 0.2) is 0 Å². The molecule has 0 heterocycles. The molecule has 1 aliphatic carbocycles. The van der Waals surface area contributed by atoms with Gasteiger partial charge in [0.25, 0.3) is 0 Å². The van der Waals surface area contributed by atoms with E-state index < -0.39 is 0 Å². The quantitative estimate of drug-likeness (QED) is 0.584. The van der Waals surface area contributed by atoms with Crippen molar-refractivity contribution in [3.8, 4) is 0 Å². The van der Waals surface area contributed by atoms with E-state index in [4.69, 9.17) is 4.74 Å². The molecule has 1 fully saturated rings.